The standard InChI is InChI=1S/C18H12Cl3P.2ClH/c19-13-7-1-4-10-16(13)22(17-11-5-2-8-14(17)20)18-12-6-3-9-15(18)21;;/h1-12H;2*1H. The molecule has 0 saturated carbocycles. The van der Waals surface area contributed by atoms with Gasteiger partial charge >= 0.3 is 0 Å². The molecule has 6 heteroatoms. The molecule has 0 radical (unpaired) electrons. The van der Waals surface area contributed by atoms with Gasteiger partial charge in [0.2, 0.25) is 0 Å². The van der Waals surface area contributed by atoms with Crippen LogP contribution >= 0.6 is 67.5 Å². The fraction of sp³-hybridized carbons (Fsp3) is 0. The Balaban J connectivity index is 0.00000144. The quantitative estimate of drug-likeness (QED) is 0.424. The SMILES string of the molecule is Cl.Cl.Clc1ccccc1P(c1ccccc1Cl)c1ccccc1Cl. The van der Waals surface area contributed by atoms with E-state index in [1.807, 2.05) is 72.8 Å². The minimum Gasteiger partial charge on any atom is -0.147 e. The smallest absolute Gasteiger partial charge is 0.0489 e. The predicted octanol–water partition coefficient (Wildman–Crippen LogP) is 6.25. The van der Waals surface area contributed by atoms with Crippen molar-refractivity contribution in [2.75, 3.05) is 0 Å². The van der Waals surface area contributed by atoms with E-state index < -0.39 is 7.92 Å². The van der Waals surface area contributed by atoms with E-state index in [1.165, 1.54) is 0 Å². The van der Waals surface area contributed by atoms with Crippen LogP contribution in [0.1, 0.15) is 0 Å². The summed E-state index contributed by atoms with van der Waals surface area (Å²) in [5.74, 6) is 0. The van der Waals surface area contributed by atoms with Crippen molar-refractivity contribution in [1.82, 2.24) is 0 Å². The normalized spacial score (nSPS) is 10.0. The van der Waals surface area contributed by atoms with Crippen molar-refractivity contribution in [3.05, 3.63) is 87.9 Å². The first-order valence-electron chi connectivity index (χ1n) is 6.72. The van der Waals surface area contributed by atoms with Crippen LogP contribution in [0.5, 0.6) is 0 Å². The summed E-state index contributed by atoms with van der Waals surface area (Å²) in [6, 6.07) is 23.6. The molecule has 0 atom stereocenters. The van der Waals surface area contributed by atoms with E-state index in [0.29, 0.717) is 0 Å². The molecule has 126 valence electrons. The lowest BCUT2D eigenvalue weighted by atomic mass is 10.3. The summed E-state index contributed by atoms with van der Waals surface area (Å²) in [7, 11) is -0.904. The van der Waals surface area contributed by atoms with Gasteiger partial charge in [-0.15, -0.1) is 24.8 Å². The van der Waals surface area contributed by atoms with Crippen molar-refractivity contribution in [2.24, 2.45) is 0 Å². The van der Waals surface area contributed by atoms with Crippen LogP contribution in [0.4, 0.5) is 0 Å². The zero-order chi connectivity index (χ0) is 15.5. The van der Waals surface area contributed by atoms with Crippen molar-refractivity contribution in [1.29, 1.82) is 0 Å². The van der Waals surface area contributed by atoms with Crippen molar-refractivity contribution in [3.63, 3.8) is 0 Å². The third kappa shape index (κ3) is 4.58. The molecule has 0 aliphatic heterocycles. The summed E-state index contributed by atoms with van der Waals surface area (Å²) in [4.78, 5) is 0. The van der Waals surface area contributed by atoms with E-state index in [9.17, 15) is 0 Å². The fourth-order valence-corrected chi connectivity index (χ4v) is 5.80. The van der Waals surface area contributed by atoms with E-state index in [4.69, 9.17) is 34.8 Å². The van der Waals surface area contributed by atoms with Gasteiger partial charge in [-0.25, -0.2) is 0 Å². The van der Waals surface area contributed by atoms with Gasteiger partial charge in [-0.1, -0.05) is 89.4 Å². The average Bonchev–Trinajstić information content (AvgIpc) is 2.53. The predicted molar refractivity (Wildman–Crippen MR) is 115 cm³/mol. The van der Waals surface area contributed by atoms with Crippen molar-refractivity contribution >= 4 is 83.5 Å². The first-order chi connectivity index (χ1) is 10.7. The van der Waals surface area contributed by atoms with Crippen molar-refractivity contribution in [2.45, 2.75) is 0 Å². The molecule has 0 unspecified atom stereocenters. The van der Waals surface area contributed by atoms with Crippen LogP contribution in [0, 0.1) is 0 Å². The highest BCUT2D eigenvalue weighted by atomic mass is 35.5. The Labute approximate surface area is 170 Å². The number of rotatable bonds is 3. The monoisotopic (exact) mass is 436 g/mol. The van der Waals surface area contributed by atoms with E-state index in [-0.39, 0.29) is 24.8 Å². The van der Waals surface area contributed by atoms with E-state index in [1.54, 1.807) is 0 Å². The van der Waals surface area contributed by atoms with Gasteiger partial charge in [-0.05, 0) is 26.1 Å². The van der Waals surface area contributed by atoms with Gasteiger partial charge in [0.05, 0.1) is 0 Å². The zero-order valence-electron chi connectivity index (χ0n) is 12.3. The van der Waals surface area contributed by atoms with Gasteiger partial charge in [0.15, 0.2) is 0 Å². The molecular weight excluding hydrogens is 424 g/mol. The second-order valence-corrected chi connectivity index (χ2v) is 8.03. The maximum atomic E-state index is 6.45. The maximum absolute atomic E-state index is 6.45. The van der Waals surface area contributed by atoms with Gasteiger partial charge in [0, 0.05) is 31.0 Å². The lowest BCUT2D eigenvalue weighted by Gasteiger charge is -2.22. The highest BCUT2D eigenvalue weighted by Crippen LogP contribution is 2.39. The first-order valence-corrected chi connectivity index (χ1v) is 9.20. The summed E-state index contributed by atoms with van der Waals surface area (Å²) in [6.45, 7) is 0. The zero-order valence-corrected chi connectivity index (χ0v) is 17.1. The summed E-state index contributed by atoms with van der Waals surface area (Å²) >= 11 is 19.4. The van der Waals surface area contributed by atoms with Crippen LogP contribution in [0.15, 0.2) is 72.8 Å². The third-order valence-electron chi connectivity index (χ3n) is 3.28. The minimum atomic E-state index is -0.904. The molecule has 3 aromatic carbocycles. The maximum Gasteiger partial charge on any atom is 0.0489 e. The summed E-state index contributed by atoms with van der Waals surface area (Å²) in [5, 5.41) is 5.36. The van der Waals surface area contributed by atoms with Gasteiger partial charge in [-0.3, -0.25) is 0 Å². The molecule has 3 aromatic rings. The third-order valence-corrected chi connectivity index (χ3v) is 7.28. The Morgan fingerprint density at radius 2 is 0.708 bits per heavy atom. The Hall–Kier alpha value is -0.460. The van der Waals surface area contributed by atoms with Crippen LogP contribution in [0.25, 0.3) is 0 Å². The molecule has 0 fully saturated rings. The van der Waals surface area contributed by atoms with Crippen molar-refractivity contribution in [3.8, 4) is 0 Å². The summed E-state index contributed by atoms with van der Waals surface area (Å²) in [6.07, 6.45) is 0. The molecule has 0 saturated heterocycles. The van der Waals surface area contributed by atoms with E-state index >= 15 is 0 Å². The Kier molecular flexibility index (Phi) is 8.88. The number of halogens is 5. The lowest BCUT2D eigenvalue weighted by Crippen LogP contribution is -2.22. The largest absolute Gasteiger partial charge is 0.147 e. The molecule has 3 rings (SSSR count). The molecule has 24 heavy (non-hydrogen) atoms. The van der Waals surface area contributed by atoms with Gasteiger partial charge in [0.25, 0.3) is 0 Å². The van der Waals surface area contributed by atoms with Crippen LogP contribution < -0.4 is 15.9 Å². The number of hydrogen-bond acceptors (Lipinski definition) is 0. The topological polar surface area (TPSA) is 0 Å². The lowest BCUT2D eigenvalue weighted by molar-refractivity contribution is 1.73. The molecule has 0 spiro atoms. The Morgan fingerprint density at radius 1 is 0.458 bits per heavy atom. The average molecular weight is 439 g/mol. The van der Waals surface area contributed by atoms with Gasteiger partial charge in [-0.2, -0.15) is 0 Å². The Morgan fingerprint density at radius 3 is 0.958 bits per heavy atom. The molecule has 0 aliphatic rings. The molecule has 0 bridgehead atoms. The fourth-order valence-electron chi connectivity index (χ4n) is 2.29. The molecule has 0 amide bonds. The number of hydrogen-bond donors (Lipinski definition) is 0. The molecule has 0 heterocycles. The Bertz CT molecular complexity index is 698. The number of benzene rings is 3. The summed E-state index contributed by atoms with van der Waals surface area (Å²) in [5.41, 5.74) is 0. The van der Waals surface area contributed by atoms with Gasteiger partial charge in [0.1, 0.15) is 0 Å². The highest BCUT2D eigenvalue weighted by molar-refractivity contribution is 7.80. The van der Waals surface area contributed by atoms with Gasteiger partial charge < -0.3 is 0 Å². The molecule has 0 N–H and O–H groups in total. The van der Waals surface area contributed by atoms with Crippen LogP contribution in [-0.4, -0.2) is 0 Å². The first kappa shape index (κ1) is 21.6. The minimum absolute atomic E-state index is 0. The van der Waals surface area contributed by atoms with Crippen LogP contribution in [0.3, 0.4) is 0 Å². The second-order valence-electron chi connectivity index (χ2n) is 4.69. The van der Waals surface area contributed by atoms with Crippen molar-refractivity contribution < 1.29 is 0 Å². The highest BCUT2D eigenvalue weighted by Gasteiger charge is 2.22. The summed E-state index contributed by atoms with van der Waals surface area (Å²) < 4.78 is 0. The molecule has 0 aromatic heterocycles. The second kappa shape index (κ2) is 9.88. The van der Waals surface area contributed by atoms with Crippen LogP contribution in [-0.2, 0) is 0 Å². The van der Waals surface area contributed by atoms with E-state index in [2.05, 4.69) is 0 Å². The molecule has 0 aliphatic carbocycles. The van der Waals surface area contributed by atoms with Crippen LogP contribution in [0.2, 0.25) is 15.1 Å². The molecular formula is C18H14Cl5P. The van der Waals surface area contributed by atoms with E-state index in [0.717, 1.165) is 31.0 Å². The molecule has 0 nitrogen and oxygen atoms in total.